The van der Waals surface area contributed by atoms with E-state index >= 15 is 0 Å². The summed E-state index contributed by atoms with van der Waals surface area (Å²) < 4.78 is 13.6. The Hall–Kier alpha value is -2.34. The minimum atomic E-state index is -0.278. The molecule has 0 spiro atoms. The standard InChI is InChI=1S/C22H25FN2O2S/c23-20-9-5-4-8-18(20)16-28-13-11-24-22(27)19-14-21(26)25(15-19)12-10-17-6-2-1-3-7-17/h1-9,19H,10-16H2,(H,24,27). The van der Waals surface area contributed by atoms with Gasteiger partial charge in [0.05, 0.1) is 5.92 Å². The SMILES string of the molecule is O=C(NCCSCc1ccccc1F)C1CC(=O)N(CCc2ccccc2)C1. The number of amides is 2. The summed E-state index contributed by atoms with van der Waals surface area (Å²) in [5.41, 5.74) is 1.87. The van der Waals surface area contributed by atoms with Crippen LogP contribution in [-0.4, -0.2) is 42.1 Å². The summed E-state index contributed by atoms with van der Waals surface area (Å²) in [6.07, 6.45) is 1.08. The van der Waals surface area contributed by atoms with Crippen molar-refractivity contribution >= 4 is 23.6 Å². The fourth-order valence-corrected chi connectivity index (χ4v) is 4.11. The average Bonchev–Trinajstić information content (AvgIpc) is 3.09. The number of carbonyl (C=O) groups excluding carboxylic acids is 2. The summed E-state index contributed by atoms with van der Waals surface area (Å²) in [6, 6.07) is 16.8. The molecule has 1 fully saturated rings. The first-order valence-electron chi connectivity index (χ1n) is 9.54. The van der Waals surface area contributed by atoms with Crippen LogP contribution in [0.25, 0.3) is 0 Å². The van der Waals surface area contributed by atoms with Crippen LogP contribution in [0.15, 0.2) is 54.6 Å². The minimum absolute atomic E-state index is 0.0463. The van der Waals surface area contributed by atoms with Gasteiger partial charge in [-0.05, 0) is 23.6 Å². The molecule has 1 aliphatic heterocycles. The zero-order valence-electron chi connectivity index (χ0n) is 15.8. The van der Waals surface area contributed by atoms with Gasteiger partial charge < -0.3 is 10.2 Å². The summed E-state index contributed by atoms with van der Waals surface area (Å²) in [7, 11) is 0. The Morgan fingerprint density at radius 3 is 2.68 bits per heavy atom. The quantitative estimate of drug-likeness (QED) is 0.658. The summed E-state index contributed by atoms with van der Waals surface area (Å²) in [5.74, 6) is 0.793. The molecule has 2 aromatic rings. The van der Waals surface area contributed by atoms with E-state index in [-0.39, 0.29) is 30.0 Å². The number of halogens is 1. The van der Waals surface area contributed by atoms with Crippen LogP contribution in [-0.2, 0) is 21.8 Å². The Bertz CT molecular complexity index is 800. The van der Waals surface area contributed by atoms with E-state index < -0.39 is 0 Å². The lowest BCUT2D eigenvalue weighted by Gasteiger charge is -2.16. The number of likely N-dealkylation sites (tertiary alicyclic amines) is 1. The lowest BCUT2D eigenvalue weighted by molar-refractivity contribution is -0.128. The van der Waals surface area contributed by atoms with Crippen LogP contribution in [0.5, 0.6) is 0 Å². The maximum atomic E-state index is 13.6. The lowest BCUT2D eigenvalue weighted by atomic mass is 10.1. The van der Waals surface area contributed by atoms with E-state index in [2.05, 4.69) is 5.32 Å². The molecular weight excluding hydrogens is 375 g/mol. The van der Waals surface area contributed by atoms with Gasteiger partial charge in [-0.3, -0.25) is 9.59 Å². The number of thioether (sulfide) groups is 1. The lowest BCUT2D eigenvalue weighted by Crippen LogP contribution is -2.34. The highest BCUT2D eigenvalue weighted by Crippen LogP contribution is 2.19. The molecule has 1 aliphatic rings. The predicted octanol–water partition coefficient (Wildman–Crippen LogP) is 3.27. The number of nitrogens with one attached hydrogen (secondary N) is 1. The van der Waals surface area contributed by atoms with Crippen LogP contribution in [0.4, 0.5) is 4.39 Å². The van der Waals surface area contributed by atoms with Crippen molar-refractivity contribution in [1.29, 1.82) is 0 Å². The first-order chi connectivity index (χ1) is 13.6. The van der Waals surface area contributed by atoms with Gasteiger partial charge in [0, 0.05) is 37.6 Å². The molecule has 1 N–H and O–H groups in total. The van der Waals surface area contributed by atoms with Crippen molar-refractivity contribution in [3.8, 4) is 0 Å². The number of benzene rings is 2. The zero-order chi connectivity index (χ0) is 19.8. The van der Waals surface area contributed by atoms with Crippen LogP contribution >= 0.6 is 11.8 Å². The molecule has 0 aromatic heterocycles. The maximum absolute atomic E-state index is 13.6. The van der Waals surface area contributed by atoms with Crippen LogP contribution in [0.3, 0.4) is 0 Å². The molecular formula is C22H25FN2O2S. The van der Waals surface area contributed by atoms with Gasteiger partial charge in [0.2, 0.25) is 11.8 Å². The summed E-state index contributed by atoms with van der Waals surface area (Å²) in [6.45, 7) is 1.65. The second-order valence-corrected chi connectivity index (χ2v) is 8.02. The topological polar surface area (TPSA) is 49.4 Å². The maximum Gasteiger partial charge on any atom is 0.225 e. The molecule has 6 heteroatoms. The van der Waals surface area contributed by atoms with Gasteiger partial charge in [-0.2, -0.15) is 11.8 Å². The highest BCUT2D eigenvalue weighted by atomic mass is 32.2. The van der Waals surface area contributed by atoms with Crippen molar-refractivity contribution in [2.75, 3.05) is 25.4 Å². The molecule has 1 atom stereocenters. The van der Waals surface area contributed by atoms with E-state index in [0.29, 0.717) is 36.7 Å². The predicted molar refractivity (Wildman–Crippen MR) is 110 cm³/mol. The van der Waals surface area contributed by atoms with Crippen molar-refractivity contribution in [2.45, 2.75) is 18.6 Å². The molecule has 0 saturated carbocycles. The van der Waals surface area contributed by atoms with Gasteiger partial charge in [0.15, 0.2) is 0 Å². The van der Waals surface area contributed by atoms with Crippen molar-refractivity contribution in [1.82, 2.24) is 10.2 Å². The third-order valence-electron chi connectivity index (χ3n) is 4.86. The average molecular weight is 401 g/mol. The van der Waals surface area contributed by atoms with E-state index in [1.165, 1.54) is 11.6 Å². The van der Waals surface area contributed by atoms with Gasteiger partial charge in [-0.15, -0.1) is 0 Å². The Morgan fingerprint density at radius 1 is 1.14 bits per heavy atom. The van der Waals surface area contributed by atoms with E-state index in [1.807, 2.05) is 36.4 Å². The van der Waals surface area contributed by atoms with E-state index in [4.69, 9.17) is 0 Å². The Balaban J connectivity index is 1.34. The number of rotatable bonds is 9. The van der Waals surface area contributed by atoms with Gasteiger partial charge in [-0.25, -0.2) is 4.39 Å². The third-order valence-corrected chi connectivity index (χ3v) is 5.87. The zero-order valence-corrected chi connectivity index (χ0v) is 16.6. The molecule has 0 aliphatic carbocycles. The Morgan fingerprint density at radius 2 is 1.89 bits per heavy atom. The highest BCUT2D eigenvalue weighted by molar-refractivity contribution is 7.98. The number of hydrogen-bond acceptors (Lipinski definition) is 3. The molecule has 4 nitrogen and oxygen atoms in total. The largest absolute Gasteiger partial charge is 0.355 e. The van der Waals surface area contributed by atoms with Gasteiger partial charge >= 0.3 is 0 Å². The Kier molecular flexibility index (Phi) is 7.48. The molecule has 1 saturated heterocycles. The first-order valence-corrected chi connectivity index (χ1v) is 10.7. The smallest absolute Gasteiger partial charge is 0.225 e. The second kappa shape index (κ2) is 10.3. The third kappa shape index (κ3) is 5.83. The van der Waals surface area contributed by atoms with Crippen molar-refractivity contribution in [3.05, 3.63) is 71.5 Å². The van der Waals surface area contributed by atoms with Crippen LogP contribution in [0.2, 0.25) is 0 Å². The minimum Gasteiger partial charge on any atom is -0.355 e. The molecule has 1 heterocycles. The number of nitrogens with zero attached hydrogens (tertiary/aromatic N) is 1. The fourth-order valence-electron chi connectivity index (χ4n) is 3.26. The van der Waals surface area contributed by atoms with Gasteiger partial charge in [0.1, 0.15) is 5.82 Å². The van der Waals surface area contributed by atoms with Crippen LogP contribution < -0.4 is 5.32 Å². The monoisotopic (exact) mass is 400 g/mol. The molecule has 3 rings (SSSR count). The molecule has 28 heavy (non-hydrogen) atoms. The number of carbonyl (C=O) groups is 2. The Labute approximate surface area is 169 Å². The number of hydrogen-bond donors (Lipinski definition) is 1. The molecule has 1 unspecified atom stereocenters. The van der Waals surface area contributed by atoms with Crippen molar-refractivity contribution in [3.63, 3.8) is 0 Å². The van der Waals surface area contributed by atoms with Crippen LogP contribution in [0.1, 0.15) is 17.5 Å². The van der Waals surface area contributed by atoms with Gasteiger partial charge in [-0.1, -0.05) is 48.5 Å². The summed E-state index contributed by atoms with van der Waals surface area (Å²) in [5, 5.41) is 2.91. The molecule has 148 valence electrons. The fraction of sp³-hybridized carbons (Fsp3) is 0.364. The first kappa shape index (κ1) is 20.4. The normalized spacial score (nSPS) is 16.4. The molecule has 0 radical (unpaired) electrons. The van der Waals surface area contributed by atoms with Gasteiger partial charge in [0.25, 0.3) is 0 Å². The van der Waals surface area contributed by atoms with E-state index in [0.717, 1.165) is 6.42 Å². The summed E-state index contributed by atoms with van der Waals surface area (Å²) >= 11 is 1.58. The molecule has 2 aromatic carbocycles. The molecule has 0 bridgehead atoms. The van der Waals surface area contributed by atoms with Crippen molar-refractivity contribution < 1.29 is 14.0 Å². The van der Waals surface area contributed by atoms with Crippen molar-refractivity contribution in [2.24, 2.45) is 5.92 Å². The summed E-state index contributed by atoms with van der Waals surface area (Å²) in [4.78, 5) is 26.3. The highest BCUT2D eigenvalue weighted by Gasteiger charge is 2.33. The van der Waals surface area contributed by atoms with E-state index in [1.54, 1.807) is 28.8 Å². The second-order valence-electron chi connectivity index (χ2n) is 6.91. The molecule has 2 amide bonds. The van der Waals surface area contributed by atoms with E-state index in [9.17, 15) is 14.0 Å². The van der Waals surface area contributed by atoms with Crippen LogP contribution in [0, 0.1) is 11.7 Å².